The normalized spacial score (nSPS) is 19.8. The number of benzene rings is 1. The maximum Gasteiger partial charge on any atom is 0.256 e. The average Bonchev–Trinajstić information content (AvgIpc) is 2.99. The fourth-order valence-corrected chi connectivity index (χ4v) is 4.86. The molecule has 2 N–H and O–H groups in total. The van der Waals surface area contributed by atoms with Gasteiger partial charge < -0.3 is 15.4 Å². The van der Waals surface area contributed by atoms with Gasteiger partial charge in [-0.1, -0.05) is 12.1 Å². The molecule has 1 aromatic heterocycles. The second-order valence-corrected chi connectivity index (χ2v) is 7.95. The van der Waals surface area contributed by atoms with Crippen molar-refractivity contribution >= 4 is 22.2 Å². The van der Waals surface area contributed by atoms with Crippen LogP contribution < -0.4 is 15.4 Å². The third-order valence-electron chi connectivity index (χ3n) is 5.02. The molecule has 2 aromatic rings. The van der Waals surface area contributed by atoms with Gasteiger partial charge in [-0.25, -0.2) is 0 Å². The van der Waals surface area contributed by atoms with Gasteiger partial charge in [0.25, 0.3) is 5.91 Å². The van der Waals surface area contributed by atoms with E-state index in [2.05, 4.69) is 29.4 Å². The molecular formula is C19H23N3O2S. The van der Waals surface area contributed by atoms with E-state index in [1.54, 1.807) is 18.4 Å². The lowest BCUT2D eigenvalue weighted by atomic mass is 9.99. The maximum atomic E-state index is 12.8. The van der Waals surface area contributed by atoms with Crippen LogP contribution in [-0.2, 0) is 13.0 Å². The molecule has 5 nitrogen and oxygen atoms in total. The first-order valence-corrected chi connectivity index (χ1v) is 9.48. The van der Waals surface area contributed by atoms with Crippen molar-refractivity contribution < 1.29 is 9.53 Å². The Labute approximate surface area is 152 Å². The molecule has 0 saturated carbocycles. The van der Waals surface area contributed by atoms with Crippen LogP contribution in [0.15, 0.2) is 24.3 Å². The van der Waals surface area contributed by atoms with Crippen LogP contribution in [0.1, 0.15) is 46.4 Å². The summed E-state index contributed by atoms with van der Waals surface area (Å²) in [6.07, 6.45) is 0.717. The van der Waals surface area contributed by atoms with Gasteiger partial charge in [0.15, 0.2) is 0 Å². The molecule has 0 unspecified atom stereocenters. The van der Waals surface area contributed by atoms with Crippen LogP contribution in [0.4, 0.5) is 5.00 Å². The SMILES string of the molecule is COc1cccc([C@@H]2NC(=O)c3c(sc4c3CCN(C(C)C)C4)N2)c1. The largest absolute Gasteiger partial charge is 0.497 e. The van der Waals surface area contributed by atoms with Gasteiger partial charge in [0.05, 0.1) is 12.7 Å². The standard InChI is InChI=1S/C19H23N3O2S/c1-11(2)22-8-7-14-15(10-22)25-19-16(14)18(23)20-17(21-19)12-5-4-6-13(9-12)24-3/h4-6,9,11,17,21H,7-8,10H2,1-3H3,(H,20,23)/t17-/m1/s1. The fraction of sp³-hybridized carbons (Fsp3) is 0.421. The molecule has 1 amide bonds. The highest BCUT2D eigenvalue weighted by Gasteiger charge is 2.33. The Balaban J connectivity index is 1.64. The van der Waals surface area contributed by atoms with Gasteiger partial charge in [0.2, 0.25) is 0 Å². The molecule has 2 aliphatic rings. The molecule has 3 heterocycles. The summed E-state index contributed by atoms with van der Waals surface area (Å²) in [5.41, 5.74) is 3.07. The molecular weight excluding hydrogens is 334 g/mol. The predicted molar refractivity (Wildman–Crippen MR) is 100 cm³/mol. The van der Waals surface area contributed by atoms with Crippen molar-refractivity contribution in [2.45, 2.75) is 39.0 Å². The van der Waals surface area contributed by atoms with Gasteiger partial charge in [0, 0.05) is 24.0 Å². The monoisotopic (exact) mass is 357 g/mol. The summed E-state index contributed by atoms with van der Waals surface area (Å²) < 4.78 is 5.30. The van der Waals surface area contributed by atoms with E-state index in [1.165, 1.54) is 10.4 Å². The zero-order valence-electron chi connectivity index (χ0n) is 14.8. The van der Waals surface area contributed by atoms with Crippen molar-refractivity contribution in [2.24, 2.45) is 0 Å². The lowest BCUT2D eigenvalue weighted by Gasteiger charge is -2.31. The molecule has 132 valence electrons. The fourth-order valence-electron chi connectivity index (χ4n) is 3.56. The maximum absolute atomic E-state index is 12.8. The third-order valence-corrected chi connectivity index (χ3v) is 6.17. The number of hydrogen-bond acceptors (Lipinski definition) is 5. The Hall–Kier alpha value is -2.05. The molecule has 1 aromatic carbocycles. The summed E-state index contributed by atoms with van der Waals surface area (Å²) in [4.78, 5) is 16.6. The Morgan fingerprint density at radius 1 is 1.32 bits per heavy atom. The molecule has 0 fully saturated rings. The summed E-state index contributed by atoms with van der Waals surface area (Å²) in [5.74, 6) is 0.814. The molecule has 0 spiro atoms. The van der Waals surface area contributed by atoms with Crippen molar-refractivity contribution in [1.29, 1.82) is 0 Å². The summed E-state index contributed by atoms with van der Waals surface area (Å²) in [5, 5.41) is 7.60. The quantitative estimate of drug-likeness (QED) is 0.884. The van der Waals surface area contributed by atoms with E-state index in [0.717, 1.165) is 41.4 Å². The third kappa shape index (κ3) is 2.89. The van der Waals surface area contributed by atoms with E-state index in [4.69, 9.17) is 4.74 Å². The number of carbonyl (C=O) groups is 1. The van der Waals surface area contributed by atoms with Gasteiger partial charge >= 0.3 is 0 Å². The zero-order valence-corrected chi connectivity index (χ0v) is 15.6. The molecule has 2 aliphatic heterocycles. The van der Waals surface area contributed by atoms with Crippen LogP contribution in [-0.4, -0.2) is 30.5 Å². The van der Waals surface area contributed by atoms with Crippen LogP contribution in [0, 0.1) is 0 Å². The number of amides is 1. The Morgan fingerprint density at radius 3 is 2.92 bits per heavy atom. The Morgan fingerprint density at radius 2 is 2.16 bits per heavy atom. The minimum absolute atomic E-state index is 0.0251. The van der Waals surface area contributed by atoms with Crippen LogP contribution in [0.5, 0.6) is 5.75 Å². The highest BCUT2D eigenvalue weighted by Crippen LogP contribution is 2.41. The molecule has 0 aliphatic carbocycles. The van der Waals surface area contributed by atoms with Crippen molar-refractivity contribution in [1.82, 2.24) is 10.2 Å². The van der Waals surface area contributed by atoms with E-state index >= 15 is 0 Å². The van der Waals surface area contributed by atoms with E-state index in [0.29, 0.717) is 6.04 Å². The smallest absolute Gasteiger partial charge is 0.256 e. The van der Waals surface area contributed by atoms with Crippen LogP contribution in [0.25, 0.3) is 0 Å². The first kappa shape index (κ1) is 16.4. The second-order valence-electron chi connectivity index (χ2n) is 6.85. The Bertz CT molecular complexity index is 815. The number of nitrogens with zero attached hydrogens (tertiary/aromatic N) is 1. The number of methoxy groups -OCH3 is 1. The number of thiophene rings is 1. The highest BCUT2D eigenvalue weighted by atomic mass is 32.1. The average molecular weight is 357 g/mol. The lowest BCUT2D eigenvalue weighted by Crippen LogP contribution is -2.39. The van der Waals surface area contributed by atoms with E-state index in [1.807, 2.05) is 24.3 Å². The summed E-state index contributed by atoms with van der Waals surface area (Å²) in [7, 11) is 1.65. The van der Waals surface area contributed by atoms with E-state index in [9.17, 15) is 4.79 Å². The first-order valence-electron chi connectivity index (χ1n) is 8.66. The number of hydrogen-bond donors (Lipinski definition) is 2. The van der Waals surface area contributed by atoms with Crippen molar-refractivity contribution in [3.8, 4) is 5.75 Å². The number of fused-ring (bicyclic) bond motifs is 3. The summed E-state index contributed by atoms with van der Waals surface area (Å²) in [6, 6.07) is 8.33. The van der Waals surface area contributed by atoms with Crippen LogP contribution in [0.3, 0.4) is 0 Å². The molecule has 0 radical (unpaired) electrons. The molecule has 4 rings (SSSR count). The molecule has 0 saturated heterocycles. The summed E-state index contributed by atoms with van der Waals surface area (Å²) >= 11 is 1.73. The number of carbonyl (C=O) groups excluding carboxylic acids is 1. The number of anilines is 1. The van der Waals surface area contributed by atoms with Gasteiger partial charge in [0.1, 0.15) is 16.9 Å². The minimum Gasteiger partial charge on any atom is -0.497 e. The van der Waals surface area contributed by atoms with Crippen LogP contribution >= 0.6 is 11.3 Å². The van der Waals surface area contributed by atoms with Gasteiger partial charge in [-0.3, -0.25) is 9.69 Å². The first-order chi connectivity index (χ1) is 12.1. The van der Waals surface area contributed by atoms with Crippen molar-refractivity contribution in [3.05, 3.63) is 45.8 Å². The second kappa shape index (κ2) is 6.35. The number of ether oxygens (including phenoxy) is 1. The number of nitrogens with one attached hydrogen (secondary N) is 2. The molecule has 6 heteroatoms. The van der Waals surface area contributed by atoms with Gasteiger partial charge in [-0.2, -0.15) is 0 Å². The Kier molecular flexibility index (Phi) is 4.17. The van der Waals surface area contributed by atoms with Crippen molar-refractivity contribution in [2.75, 3.05) is 19.0 Å². The van der Waals surface area contributed by atoms with Gasteiger partial charge in [-0.15, -0.1) is 11.3 Å². The summed E-state index contributed by atoms with van der Waals surface area (Å²) in [6.45, 7) is 6.40. The predicted octanol–water partition coefficient (Wildman–Crippen LogP) is 3.38. The number of rotatable bonds is 3. The van der Waals surface area contributed by atoms with E-state index < -0.39 is 0 Å². The highest BCUT2D eigenvalue weighted by molar-refractivity contribution is 7.16. The molecule has 25 heavy (non-hydrogen) atoms. The topological polar surface area (TPSA) is 53.6 Å². The van der Waals surface area contributed by atoms with E-state index in [-0.39, 0.29) is 12.1 Å². The zero-order chi connectivity index (χ0) is 17.6. The molecule has 0 bridgehead atoms. The van der Waals surface area contributed by atoms with Crippen molar-refractivity contribution in [3.63, 3.8) is 0 Å². The molecule has 1 atom stereocenters. The van der Waals surface area contributed by atoms with Crippen LogP contribution in [0.2, 0.25) is 0 Å². The van der Waals surface area contributed by atoms with Gasteiger partial charge in [-0.05, 0) is 43.5 Å². The minimum atomic E-state index is -0.226. The lowest BCUT2D eigenvalue weighted by molar-refractivity contribution is 0.0934.